The highest BCUT2D eigenvalue weighted by Crippen LogP contribution is 2.52. The molecule has 2 aromatic heterocycles. The number of anilines is 2. The second kappa shape index (κ2) is 10.6. The van der Waals surface area contributed by atoms with Crippen molar-refractivity contribution in [2.75, 3.05) is 4.90 Å². The molecular formula is C45H32N4. The van der Waals surface area contributed by atoms with Crippen LogP contribution in [0.2, 0.25) is 0 Å². The van der Waals surface area contributed by atoms with Crippen LogP contribution in [0.5, 0.6) is 0 Å². The van der Waals surface area contributed by atoms with E-state index in [1.165, 1.54) is 38.8 Å². The summed E-state index contributed by atoms with van der Waals surface area (Å²) in [5.74, 6) is 0.667. The van der Waals surface area contributed by atoms with Crippen LogP contribution >= 0.6 is 0 Å². The first-order valence-corrected chi connectivity index (χ1v) is 16.9. The SMILES string of the molecule is CC12C=CC=CC1N(c1ccccc1)c1cc(-c3cccc4c3c3ccccc3n4-c3nc(-c4ccccc4)c4ccccc4n3)ccc12. The highest BCUT2D eigenvalue weighted by Gasteiger charge is 2.46. The molecule has 6 aromatic carbocycles. The van der Waals surface area contributed by atoms with Gasteiger partial charge >= 0.3 is 0 Å². The lowest BCUT2D eigenvalue weighted by atomic mass is 9.76. The highest BCUT2D eigenvalue weighted by atomic mass is 15.2. The lowest BCUT2D eigenvalue weighted by Gasteiger charge is -2.34. The Kier molecular flexibility index (Phi) is 6.03. The molecule has 1 aliphatic heterocycles. The van der Waals surface area contributed by atoms with Gasteiger partial charge in [0.1, 0.15) is 0 Å². The van der Waals surface area contributed by atoms with E-state index in [4.69, 9.17) is 9.97 Å². The minimum absolute atomic E-state index is 0.121. The van der Waals surface area contributed by atoms with Crippen LogP contribution in [0.4, 0.5) is 11.4 Å². The summed E-state index contributed by atoms with van der Waals surface area (Å²) in [4.78, 5) is 13.0. The van der Waals surface area contributed by atoms with Crippen molar-refractivity contribution < 1.29 is 0 Å². The van der Waals surface area contributed by atoms with Crippen molar-refractivity contribution in [3.8, 4) is 28.3 Å². The standard InChI is InChI=1S/C45H32N4/c1-45-28-13-12-25-41(45)48(32-17-6-3-7-18-32)40-29-31(26-27-36(40)45)33-21-14-24-39-42(33)35-20-9-11-23-38(35)49(39)44-46-37-22-10-8-19-34(37)43(47-44)30-15-4-2-5-16-30/h2-29,41H,1H3. The molecule has 3 heterocycles. The van der Waals surface area contributed by atoms with Gasteiger partial charge in [0.15, 0.2) is 0 Å². The summed E-state index contributed by atoms with van der Waals surface area (Å²) in [7, 11) is 0. The zero-order valence-corrected chi connectivity index (χ0v) is 27.0. The topological polar surface area (TPSA) is 34.0 Å². The van der Waals surface area contributed by atoms with E-state index in [1.54, 1.807) is 0 Å². The highest BCUT2D eigenvalue weighted by molar-refractivity contribution is 6.16. The molecule has 0 bridgehead atoms. The lowest BCUT2D eigenvalue weighted by Crippen LogP contribution is -2.39. The van der Waals surface area contributed by atoms with Crippen LogP contribution in [0, 0.1) is 0 Å². The molecule has 2 unspecified atom stereocenters. The van der Waals surface area contributed by atoms with Crippen molar-refractivity contribution in [3.05, 3.63) is 175 Å². The summed E-state index contributed by atoms with van der Waals surface area (Å²) in [5, 5.41) is 3.42. The maximum atomic E-state index is 5.29. The largest absolute Gasteiger partial charge is 0.333 e. The number of allylic oxidation sites excluding steroid dienone is 2. The zero-order chi connectivity index (χ0) is 32.5. The van der Waals surface area contributed by atoms with Crippen LogP contribution in [-0.2, 0) is 5.41 Å². The zero-order valence-electron chi connectivity index (χ0n) is 27.0. The second-order valence-corrected chi connectivity index (χ2v) is 13.2. The Morgan fingerprint density at radius 1 is 0.612 bits per heavy atom. The van der Waals surface area contributed by atoms with Gasteiger partial charge in [0.25, 0.3) is 0 Å². The molecule has 0 fully saturated rings. The maximum absolute atomic E-state index is 5.29. The van der Waals surface area contributed by atoms with Crippen molar-refractivity contribution in [2.24, 2.45) is 0 Å². The Morgan fingerprint density at radius 2 is 1.35 bits per heavy atom. The summed E-state index contributed by atoms with van der Waals surface area (Å²) in [5.41, 5.74) is 11.1. The Hall–Kier alpha value is -6.26. The van der Waals surface area contributed by atoms with Crippen LogP contribution in [0.1, 0.15) is 12.5 Å². The molecule has 0 N–H and O–H groups in total. The smallest absolute Gasteiger partial charge is 0.235 e. The average molecular weight is 629 g/mol. The molecule has 4 nitrogen and oxygen atoms in total. The predicted molar refractivity (Wildman–Crippen MR) is 203 cm³/mol. The fourth-order valence-electron chi connectivity index (χ4n) is 8.17. The first-order valence-electron chi connectivity index (χ1n) is 16.9. The van der Waals surface area contributed by atoms with Crippen LogP contribution in [0.3, 0.4) is 0 Å². The van der Waals surface area contributed by atoms with E-state index in [9.17, 15) is 0 Å². The summed E-state index contributed by atoms with van der Waals surface area (Å²) in [6, 6.07) is 52.0. The van der Waals surface area contributed by atoms with Crippen molar-refractivity contribution in [2.45, 2.75) is 18.4 Å². The van der Waals surface area contributed by atoms with E-state index < -0.39 is 0 Å². The summed E-state index contributed by atoms with van der Waals surface area (Å²) in [6.07, 6.45) is 9.08. The molecule has 0 radical (unpaired) electrons. The number of benzene rings is 6. The van der Waals surface area contributed by atoms with Gasteiger partial charge in [-0.3, -0.25) is 4.57 Å². The maximum Gasteiger partial charge on any atom is 0.235 e. The molecule has 0 amide bonds. The summed E-state index contributed by atoms with van der Waals surface area (Å²) < 4.78 is 2.24. The van der Waals surface area contributed by atoms with Gasteiger partial charge in [-0.15, -0.1) is 0 Å². The fraction of sp³-hybridized carbons (Fsp3) is 0.0667. The van der Waals surface area contributed by atoms with Crippen molar-refractivity contribution >= 4 is 44.1 Å². The minimum Gasteiger partial charge on any atom is -0.333 e. The molecule has 8 aromatic rings. The molecule has 4 heteroatoms. The summed E-state index contributed by atoms with van der Waals surface area (Å²) in [6.45, 7) is 2.36. The van der Waals surface area contributed by atoms with Gasteiger partial charge in [-0.05, 0) is 60.0 Å². The van der Waals surface area contributed by atoms with Gasteiger partial charge < -0.3 is 4.90 Å². The van der Waals surface area contributed by atoms with Crippen LogP contribution in [-0.4, -0.2) is 20.6 Å². The Bertz CT molecular complexity index is 2630. The van der Waals surface area contributed by atoms with E-state index in [0.29, 0.717) is 5.95 Å². The van der Waals surface area contributed by atoms with Gasteiger partial charge in [0.05, 0.1) is 28.3 Å². The molecule has 10 rings (SSSR count). The van der Waals surface area contributed by atoms with Crippen molar-refractivity contribution in [3.63, 3.8) is 0 Å². The Morgan fingerprint density at radius 3 is 2.20 bits per heavy atom. The third kappa shape index (κ3) is 4.10. The minimum atomic E-state index is -0.121. The van der Waals surface area contributed by atoms with Crippen molar-refractivity contribution in [1.29, 1.82) is 0 Å². The fourth-order valence-corrected chi connectivity index (χ4v) is 8.17. The normalized spacial score (nSPS) is 18.0. The number of rotatable bonds is 4. The van der Waals surface area contributed by atoms with Gasteiger partial charge in [-0.1, -0.05) is 133 Å². The molecule has 2 aliphatic rings. The van der Waals surface area contributed by atoms with E-state index >= 15 is 0 Å². The molecule has 0 spiro atoms. The molecule has 232 valence electrons. The lowest BCUT2D eigenvalue weighted by molar-refractivity contribution is 0.551. The van der Waals surface area contributed by atoms with Crippen LogP contribution < -0.4 is 4.90 Å². The molecule has 49 heavy (non-hydrogen) atoms. The number of para-hydroxylation sites is 3. The number of fused-ring (bicyclic) bond motifs is 7. The first kappa shape index (κ1) is 27.8. The third-order valence-corrected chi connectivity index (χ3v) is 10.5. The van der Waals surface area contributed by atoms with E-state index in [-0.39, 0.29) is 11.5 Å². The Balaban J connectivity index is 1.22. The monoisotopic (exact) mass is 628 g/mol. The van der Waals surface area contributed by atoms with Crippen LogP contribution in [0.25, 0.3) is 61.0 Å². The van der Waals surface area contributed by atoms with E-state index in [1.807, 2.05) is 12.1 Å². The molecular weight excluding hydrogens is 597 g/mol. The van der Waals surface area contributed by atoms with Gasteiger partial charge in [0.2, 0.25) is 5.95 Å². The third-order valence-electron chi connectivity index (χ3n) is 10.5. The number of hydrogen-bond acceptors (Lipinski definition) is 3. The number of nitrogens with zero attached hydrogens (tertiary/aromatic N) is 4. The quantitative estimate of drug-likeness (QED) is 0.194. The average Bonchev–Trinajstić information content (AvgIpc) is 3.64. The molecule has 0 saturated carbocycles. The predicted octanol–water partition coefficient (Wildman–Crippen LogP) is 11.0. The number of hydrogen-bond donors (Lipinski definition) is 0. The second-order valence-electron chi connectivity index (χ2n) is 13.2. The van der Waals surface area contributed by atoms with Crippen molar-refractivity contribution in [1.82, 2.24) is 14.5 Å². The van der Waals surface area contributed by atoms with Gasteiger partial charge in [0, 0.05) is 38.5 Å². The van der Waals surface area contributed by atoms with E-state index in [2.05, 4.69) is 174 Å². The number of aromatic nitrogens is 3. The summed E-state index contributed by atoms with van der Waals surface area (Å²) >= 11 is 0. The van der Waals surface area contributed by atoms with E-state index in [0.717, 1.165) is 33.2 Å². The van der Waals surface area contributed by atoms with Gasteiger partial charge in [-0.2, -0.15) is 0 Å². The Labute approximate surface area is 284 Å². The van der Waals surface area contributed by atoms with Crippen LogP contribution in [0.15, 0.2) is 170 Å². The molecule has 1 aliphatic carbocycles. The molecule has 2 atom stereocenters. The molecule has 0 saturated heterocycles. The first-order chi connectivity index (χ1) is 24.2. The van der Waals surface area contributed by atoms with Gasteiger partial charge in [-0.25, -0.2) is 9.97 Å².